The molecule has 0 fully saturated rings. The van der Waals surface area contributed by atoms with E-state index in [1.54, 1.807) is 0 Å². The first kappa shape index (κ1) is 14.9. The Bertz CT molecular complexity index is 537. The van der Waals surface area contributed by atoms with Gasteiger partial charge in [0.15, 0.2) is 0 Å². The zero-order valence-electron chi connectivity index (χ0n) is 12.4. The predicted octanol–water partition coefficient (Wildman–Crippen LogP) is 3.22. The first-order valence-electron chi connectivity index (χ1n) is 7.48. The van der Waals surface area contributed by atoms with Crippen LogP contribution < -0.4 is 0 Å². The van der Waals surface area contributed by atoms with Gasteiger partial charge in [-0.05, 0) is 25.0 Å². The van der Waals surface area contributed by atoms with Gasteiger partial charge in [0.05, 0.1) is 17.8 Å². The summed E-state index contributed by atoms with van der Waals surface area (Å²) in [6.07, 6.45) is 2.20. The number of para-hydroxylation sites is 1. The van der Waals surface area contributed by atoms with Crippen LogP contribution in [0.3, 0.4) is 0 Å². The van der Waals surface area contributed by atoms with E-state index in [1.165, 1.54) is 5.39 Å². The summed E-state index contributed by atoms with van der Waals surface area (Å²) in [4.78, 5) is 7.06. The van der Waals surface area contributed by atoms with Gasteiger partial charge in [-0.25, -0.2) is 0 Å². The third-order valence-corrected chi connectivity index (χ3v) is 3.87. The molecule has 0 aliphatic heterocycles. The van der Waals surface area contributed by atoms with Crippen LogP contribution in [0.5, 0.6) is 0 Å². The number of hydrogen-bond acceptors (Lipinski definition) is 3. The molecule has 20 heavy (non-hydrogen) atoms. The first-order chi connectivity index (χ1) is 9.78. The van der Waals surface area contributed by atoms with Crippen molar-refractivity contribution in [3.8, 4) is 0 Å². The van der Waals surface area contributed by atoms with Crippen LogP contribution in [0.4, 0.5) is 0 Å². The normalized spacial score (nSPS) is 11.7. The highest BCUT2D eigenvalue weighted by atomic mass is 16.3. The highest BCUT2D eigenvalue weighted by Gasteiger charge is 2.15. The number of aliphatic hydroxyl groups is 1. The maximum absolute atomic E-state index is 9.26. The fourth-order valence-corrected chi connectivity index (χ4v) is 2.73. The highest BCUT2D eigenvalue weighted by Crippen LogP contribution is 2.16. The number of pyridine rings is 1. The average molecular weight is 272 g/mol. The second-order valence-electron chi connectivity index (χ2n) is 5.16. The summed E-state index contributed by atoms with van der Waals surface area (Å²) >= 11 is 0. The van der Waals surface area contributed by atoms with Gasteiger partial charge in [0.1, 0.15) is 0 Å². The monoisotopic (exact) mass is 272 g/mol. The van der Waals surface area contributed by atoms with Gasteiger partial charge in [0.2, 0.25) is 0 Å². The van der Waals surface area contributed by atoms with Crippen molar-refractivity contribution in [2.24, 2.45) is 0 Å². The molecule has 1 aromatic carbocycles. The van der Waals surface area contributed by atoms with E-state index in [9.17, 15) is 5.11 Å². The summed E-state index contributed by atoms with van der Waals surface area (Å²) in [7, 11) is 0. The molecule has 0 radical (unpaired) electrons. The van der Waals surface area contributed by atoms with Gasteiger partial charge in [-0.2, -0.15) is 0 Å². The molecule has 1 N–H and O–H groups in total. The average Bonchev–Trinajstić information content (AvgIpc) is 2.48. The van der Waals surface area contributed by atoms with E-state index in [4.69, 9.17) is 4.98 Å². The Labute approximate surface area is 121 Å². The Morgan fingerprint density at radius 3 is 2.55 bits per heavy atom. The number of aliphatic hydroxyl groups excluding tert-OH is 1. The topological polar surface area (TPSA) is 36.4 Å². The number of aromatic nitrogens is 1. The van der Waals surface area contributed by atoms with Crippen LogP contribution in [-0.4, -0.2) is 34.2 Å². The lowest BCUT2D eigenvalue weighted by molar-refractivity contribution is 0.135. The molecule has 1 aromatic heterocycles. The van der Waals surface area contributed by atoms with Crippen LogP contribution in [0.25, 0.3) is 10.9 Å². The van der Waals surface area contributed by atoms with E-state index in [1.807, 2.05) is 18.2 Å². The van der Waals surface area contributed by atoms with Crippen molar-refractivity contribution in [3.05, 3.63) is 42.1 Å². The zero-order chi connectivity index (χ0) is 14.4. The van der Waals surface area contributed by atoms with E-state index < -0.39 is 0 Å². The number of rotatable bonds is 7. The molecule has 0 saturated carbocycles. The van der Waals surface area contributed by atoms with E-state index in [2.05, 4.69) is 36.9 Å². The highest BCUT2D eigenvalue weighted by molar-refractivity contribution is 5.78. The van der Waals surface area contributed by atoms with Crippen molar-refractivity contribution in [2.75, 3.05) is 13.2 Å². The second kappa shape index (κ2) is 7.36. The van der Waals surface area contributed by atoms with Crippen molar-refractivity contribution < 1.29 is 5.11 Å². The largest absolute Gasteiger partial charge is 0.395 e. The minimum absolute atomic E-state index is 0.198. The molecule has 2 rings (SSSR count). The molecule has 0 amide bonds. The van der Waals surface area contributed by atoms with Crippen LogP contribution in [-0.2, 0) is 6.54 Å². The SMILES string of the molecule is CCC(CC)N(CCO)Cc1ccc2ccccc2n1. The van der Waals surface area contributed by atoms with Gasteiger partial charge < -0.3 is 5.11 Å². The van der Waals surface area contributed by atoms with Crippen molar-refractivity contribution in [2.45, 2.75) is 39.3 Å². The molecule has 0 unspecified atom stereocenters. The van der Waals surface area contributed by atoms with Gasteiger partial charge in [0, 0.05) is 24.5 Å². The summed E-state index contributed by atoms with van der Waals surface area (Å²) < 4.78 is 0. The first-order valence-corrected chi connectivity index (χ1v) is 7.48. The molecule has 0 aliphatic rings. The molecular formula is C17H24N2O. The summed E-state index contributed by atoms with van der Waals surface area (Å²) in [5.74, 6) is 0. The van der Waals surface area contributed by atoms with E-state index in [0.717, 1.165) is 30.6 Å². The summed E-state index contributed by atoms with van der Waals surface area (Å²) in [5, 5.41) is 10.4. The molecule has 1 heterocycles. The van der Waals surface area contributed by atoms with Crippen LogP contribution in [0, 0.1) is 0 Å². The van der Waals surface area contributed by atoms with Crippen LogP contribution in [0.2, 0.25) is 0 Å². The Hall–Kier alpha value is -1.45. The van der Waals surface area contributed by atoms with Gasteiger partial charge in [-0.3, -0.25) is 9.88 Å². The lowest BCUT2D eigenvalue weighted by atomic mass is 10.1. The maximum atomic E-state index is 9.26. The minimum Gasteiger partial charge on any atom is -0.395 e. The van der Waals surface area contributed by atoms with Gasteiger partial charge in [0.25, 0.3) is 0 Å². The Morgan fingerprint density at radius 2 is 1.85 bits per heavy atom. The lowest BCUT2D eigenvalue weighted by Gasteiger charge is -2.29. The Balaban J connectivity index is 2.19. The minimum atomic E-state index is 0.198. The zero-order valence-corrected chi connectivity index (χ0v) is 12.4. The van der Waals surface area contributed by atoms with Crippen molar-refractivity contribution >= 4 is 10.9 Å². The van der Waals surface area contributed by atoms with Crippen molar-refractivity contribution in [1.82, 2.24) is 9.88 Å². The molecule has 0 aliphatic carbocycles. The standard InChI is InChI=1S/C17H24N2O/c1-3-16(4-2)19(11-12-20)13-15-10-9-14-7-5-6-8-17(14)18-15/h5-10,16,20H,3-4,11-13H2,1-2H3. The van der Waals surface area contributed by atoms with Crippen LogP contribution in [0.1, 0.15) is 32.4 Å². The molecule has 0 spiro atoms. The summed E-state index contributed by atoms with van der Waals surface area (Å²) in [6, 6.07) is 12.9. The number of benzene rings is 1. The van der Waals surface area contributed by atoms with Gasteiger partial charge >= 0.3 is 0 Å². The molecule has 0 bridgehead atoms. The fraction of sp³-hybridized carbons (Fsp3) is 0.471. The lowest BCUT2D eigenvalue weighted by Crippen LogP contribution is -2.36. The number of fused-ring (bicyclic) bond motifs is 1. The van der Waals surface area contributed by atoms with Crippen molar-refractivity contribution in [3.63, 3.8) is 0 Å². The van der Waals surface area contributed by atoms with Crippen LogP contribution in [0.15, 0.2) is 36.4 Å². The summed E-state index contributed by atoms with van der Waals surface area (Å²) in [5.41, 5.74) is 2.11. The second-order valence-corrected chi connectivity index (χ2v) is 5.16. The predicted molar refractivity (Wildman–Crippen MR) is 83.6 cm³/mol. The molecule has 2 aromatic rings. The fourth-order valence-electron chi connectivity index (χ4n) is 2.73. The van der Waals surface area contributed by atoms with Gasteiger partial charge in [-0.15, -0.1) is 0 Å². The molecule has 3 nitrogen and oxygen atoms in total. The van der Waals surface area contributed by atoms with E-state index in [-0.39, 0.29) is 6.61 Å². The summed E-state index contributed by atoms with van der Waals surface area (Å²) in [6.45, 7) is 6.11. The van der Waals surface area contributed by atoms with Gasteiger partial charge in [-0.1, -0.05) is 38.1 Å². The molecule has 0 saturated heterocycles. The molecule has 108 valence electrons. The Kier molecular flexibility index (Phi) is 5.50. The quantitative estimate of drug-likeness (QED) is 0.840. The van der Waals surface area contributed by atoms with E-state index >= 15 is 0 Å². The van der Waals surface area contributed by atoms with Crippen molar-refractivity contribution in [1.29, 1.82) is 0 Å². The molecular weight excluding hydrogens is 248 g/mol. The smallest absolute Gasteiger partial charge is 0.0705 e. The number of nitrogens with zero attached hydrogens (tertiary/aromatic N) is 2. The third-order valence-electron chi connectivity index (χ3n) is 3.87. The maximum Gasteiger partial charge on any atom is 0.0705 e. The molecule has 0 atom stereocenters. The van der Waals surface area contributed by atoms with E-state index in [0.29, 0.717) is 12.6 Å². The number of hydrogen-bond donors (Lipinski definition) is 1. The Morgan fingerprint density at radius 1 is 1.10 bits per heavy atom. The molecule has 3 heteroatoms. The third kappa shape index (κ3) is 3.56. The van der Waals surface area contributed by atoms with Crippen LogP contribution >= 0.6 is 0 Å².